The minimum atomic E-state index is -0.0319. The molecule has 0 radical (unpaired) electrons. The van der Waals surface area contributed by atoms with E-state index in [1.807, 2.05) is 26.1 Å². The van der Waals surface area contributed by atoms with E-state index in [0.29, 0.717) is 13.1 Å². The Morgan fingerprint density at radius 3 is 2.95 bits per heavy atom. The first-order chi connectivity index (χ1) is 10.2. The van der Waals surface area contributed by atoms with Gasteiger partial charge in [-0.2, -0.15) is 0 Å². The van der Waals surface area contributed by atoms with Crippen molar-refractivity contribution in [3.05, 3.63) is 23.9 Å². The molecule has 0 aromatic carbocycles. The number of amides is 1. The number of nitrogens with zero attached hydrogens (tertiary/aromatic N) is 2. The first-order valence-corrected chi connectivity index (χ1v) is 7.40. The van der Waals surface area contributed by atoms with Crippen LogP contribution in [0.4, 0.5) is 5.82 Å². The molecule has 6 nitrogen and oxygen atoms in total. The second-order valence-electron chi connectivity index (χ2n) is 5.30. The van der Waals surface area contributed by atoms with Crippen molar-refractivity contribution in [3.8, 4) is 0 Å². The summed E-state index contributed by atoms with van der Waals surface area (Å²) >= 11 is 0. The van der Waals surface area contributed by atoms with Crippen molar-refractivity contribution < 1.29 is 9.53 Å². The number of morpholine rings is 1. The van der Waals surface area contributed by atoms with Crippen LogP contribution in [0.5, 0.6) is 0 Å². The van der Waals surface area contributed by atoms with Gasteiger partial charge in [-0.1, -0.05) is 6.92 Å². The third-order valence-corrected chi connectivity index (χ3v) is 3.57. The maximum Gasteiger partial charge on any atom is 0.224 e. The SMILES string of the molecule is CNCC(C)C(=O)NCc1ccnc(N2CCOCC2)c1. The summed E-state index contributed by atoms with van der Waals surface area (Å²) in [7, 11) is 1.85. The van der Waals surface area contributed by atoms with E-state index in [4.69, 9.17) is 4.74 Å². The van der Waals surface area contributed by atoms with Gasteiger partial charge in [-0.25, -0.2) is 4.98 Å². The van der Waals surface area contributed by atoms with Crippen LogP contribution in [0.25, 0.3) is 0 Å². The number of aromatic nitrogens is 1. The number of carbonyl (C=O) groups is 1. The molecule has 1 aliphatic heterocycles. The highest BCUT2D eigenvalue weighted by molar-refractivity contribution is 5.78. The van der Waals surface area contributed by atoms with Gasteiger partial charge < -0.3 is 20.3 Å². The lowest BCUT2D eigenvalue weighted by molar-refractivity contribution is -0.124. The summed E-state index contributed by atoms with van der Waals surface area (Å²) in [6.45, 7) is 6.34. The zero-order chi connectivity index (χ0) is 15.1. The number of nitrogens with one attached hydrogen (secondary N) is 2. The molecule has 1 saturated heterocycles. The van der Waals surface area contributed by atoms with E-state index in [0.717, 1.165) is 37.7 Å². The highest BCUT2D eigenvalue weighted by Gasteiger charge is 2.14. The largest absolute Gasteiger partial charge is 0.378 e. The normalized spacial score (nSPS) is 16.6. The Balaban J connectivity index is 1.90. The molecule has 1 fully saturated rings. The predicted molar refractivity (Wildman–Crippen MR) is 82.2 cm³/mol. The molecule has 1 aromatic heterocycles. The molecule has 0 aliphatic carbocycles. The summed E-state index contributed by atoms with van der Waals surface area (Å²) in [5.74, 6) is 0.984. The molecule has 1 atom stereocenters. The fourth-order valence-corrected chi connectivity index (χ4v) is 2.30. The number of carbonyl (C=O) groups excluding carboxylic acids is 1. The lowest BCUT2D eigenvalue weighted by Crippen LogP contribution is -2.37. The Bertz CT molecular complexity index is 461. The van der Waals surface area contributed by atoms with Gasteiger partial charge in [0.1, 0.15) is 5.82 Å². The Morgan fingerprint density at radius 1 is 1.48 bits per heavy atom. The molecule has 6 heteroatoms. The van der Waals surface area contributed by atoms with Crippen molar-refractivity contribution in [1.82, 2.24) is 15.6 Å². The quantitative estimate of drug-likeness (QED) is 0.794. The van der Waals surface area contributed by atoms with E-state index < -0.39 is 0 Å². The van der Waals surface area contributed by atoms with Gasteiger partial charge in [-0.3, -0.25) is 4.79 Å². The predicted octanol–water partition coefficient (Wildman–Crippen LogP) is 0.390. The van der Waals surface area contributed by atoms with E-state index in [-0.39, 0.29) is 11.8 Å². The molecule has 0 spiro atoms. The van der Waals surface area contributed by atoms with E-state index in [1.165, 1.54) is 0 Å². The Hall–Kier alpha value is -1.66. The Morgan fingerprint density at radius 2 is 2.24 bits per heavy atom. The van der Waals surface area contributed by atoms with Crippen molar-refractivity contribution in [2.45, 2.75) is 13.5 Å². The van der Waals surface area contributed by atoms with Gasteiger partial charge >= 0.3 is 0 Å². The first-order valence-electron chi connectivity index (χ1n) is 7.40. The molecule has 0 bridgehead atoms. The van der Waals surface area contributed by atoms with Crippen LogP contribution >= 0.6 is 0 Å². The number of hydrogen-bond acceptors (Lipinski definition) is 5. The zero-order valence-corrected chi connectivity index (χ0v) is 12.8. The van der Waals surface area contributed by atoms with Crippen molar-refractivity contribution in [2.24, 2.45) is 5.92 Å². The molecular formula is C15H24N4O2. The van der Waals surface area contributed by atoms with Gasteiger partial charge in [-0.15, -0.1) is 0 Å². The summed E-state index contributed by atoms with van der Waals surface area (Å²) in [5, 5.41) is 5.97. The van der Waals surface area contributed by atoms with E-state index in [1.54, 1.807) is 6.20 Å². The standard InChI is InChI=1S/C15H24N4O2/c1-12(10-16-2)15(20)18-11-13-3-4-17-14(9-13)19-5-7-21-8-6-19/h3-4,9,12,16H,5-8,10-11H2,1-2H3,(H,18,20). The molecular weight excluding hydrogens is 268 g/mol. The fraction of sp³-hybridized carbons (Fsp3) is 0.600. The molecule has 2 N–H and O–H groups in total. The average Bonchev–Trinajstić information content (AvgIpc) is 2.54. The second kappa shape index (κ2) is 7.95. The minimum Gasteiger partial charge on any atom is -0.378 e. The van der Waals surface area contributed by atoms with Crippen LogP contribution in [0.1, 0.15) is 12.5 Å². The molecule has 21 heavy (non-hydrogen) atoms. The van der Waals surface area contributed by atoms with Crippen LogP contribution in [0.2, 0.25) is 0 Å². The van der Waals surface area contributed by atoms with Crippen LogP contribution < -0.4 is 15.5 Å². The average molecular weight is 292 g/mol. The Kier molecular flexibility index (Phi) is 5.95. The minimum absolute atomic E-state index is 0.0319. The molecule has 1 aromatic rings. The van der Waals surface area contributed by atoms with Gasteiger partial charge in [0.05, 0.1) is 13.2 Å². The van der Waals surface area contributed by atoms with Crippen LogP contribution in [0.3, 0.4) is 0 Å². The van der Waals surface area contributed by atoms with E-state index >= 15 is 0 Å². The molecule has 2 heterocycles. The second-order valence-corrected chi connectivity index (χ2v) is 5.30. The first kappa shape index (κ1) is 15.7. The van der Waals surface area contributed by atoms with Gasteiger partial charge in [0.2, 0.25) is 5.91 Å². The number of anilines is 1. The van der Waals surface area contributed by atoms with Gasteiger partial charge in [0.25, 0.3) is 0 Å². The fourth-order valence-electron chi connectivity index (χ4n) is 2.30. The summed E-state index contributed by atoms with van der Waals surface area (Å²) in [4.78, 5) is 18.5. The number of hydrogen-bond donors (Lipinski definition) is 2. The maximum absolute atomic E-state index is 11.9. The van der Waals surface area contributed by atoms with Crippen molar-refractivity contribution in [2.75, 3.05) is 44.8 Å². The van der Waals surface area contributed by atoms with Crippen LogP contribution in [-0.2, 0) is 16.1 Å². The van der Waals surface area contributed by atoms with Crippen LogP contribution in [-0.4, -0.2) is 50.8 Å². The summed E-state index contributed by atoms with van der Waals surface area (Å²) in [5.41, 5.74) is 1.07. The molecule has 116 valence electrons. The molecule has 1 unspecified atom stereocenters. The summed E-state index contributed by atoms with van der Waals surface area (Å²) < 4.78 is 5.35. The Labute approximate surface area is 125 Å². The monoisotopic (exact) mass is 292 g/mol. The number of rotatable bonds is 6. The van der Waals surface area contributed by atoms with Gasteiger partial charge in [0, 0.05) is 38.3 Å². The van der Waals surface area contributed by atoms with Crippen molar-refractivity contribution in [1.29, 1.82) is 0 Å². The summed E-state index contributed by atoms with van der Waals surface area (Å²) in [6, 6.07) is 3.97. The van der Waals surface area contributed by atoms with Crippen molar-refractivity contribution in [3.63, 3.8) is 0 Å². The summed E-state index contributed by atoms with van der Waals surface area (Å²) in [6.07, 6.45) is 1.79. The molecule has 0 saturated carbocycles. The molecule has 1 aliphatic rings. The third-order valence-electron chi connectivity index (χ3n) is 3.57. The zero-order valence-electron chi connectivity index (χ0n) is 12.8. The van der Waals surface area contributed by atoms with Crippen molar-refractivity contribution >= 4 is 11.7 Å². The topological polar surface area (TPSA) is 66.5 Å². The third kappa shape index (κ3) is 4.68. The van der Waals surface area contributed by atoms with Gasteiger partial charge in [0.15, 0.2) is 0 Å². The lowest BCUT2D eigenvalue weighted by atomic mass is 10.1. The van der Waals surface area contributed by atoms with Gasteiger partial charge in [-0.05, 0) is 24.7 Å². The maximum atomic E-state index is 11.9. The lowest BCUT2D eigenvalue weighted by Gasteiger charge is -2.28. The molecule has 2 rings (SSSR count). The highest BCUT2D eigenvalue weighted by atomic mass is 16.5. The van der Waals surface area contributed by atoms with E-state index in [2.05, 4.69) is 20.5 Å². The highest BCUT2D eigenvalue weighted by Crippen LogP contribution is 2.14. The number of pyridine rings is 1. The van der Waals surface area contributed by atoms with Crippen LogP contribution in [0, 0.1) is 5.92 Å². The van der Waals surface area contributed by atoms with E-state index in [9.17, 15) is 4.79 Å². The number of ether oxygens (including phenoxy) is 1. The smallest absolute Gasteiger partial charge is 0.224 e. The molecule has 1 amide bonds. The van der Waals surface area contributed by atoms with Crippen LogP contribution in [0.15, 0.2) is 18.3 Å².